The molecule has 0 aliphatic carbocycles. The Labute approximate surface area is 212 Å². The molecule has 0 saturated heterocycles. The summed E-state index contributed by atoms with van der Waals surface area (Å²) in [4.78, 5) is 0. The van der Waals surface area contributed by atoms with E-state index in [4.69, 9.17) is 33.3 Å². The molecular weight excluding hydrogens is 524 g/mol. The monoisotopic (exact) mass is 552 g/mol. The first-order valence-corrected chi connectivity index (χ1v) is 17.6. The van der Waals surface area contributed by atoms with Crippen molar-refractivity contribution in [3.63, 3.8) is 0 Å². The molecule has 0 fully saturated rings. The number of benzene rings is 4. The average molecular weight is 551 g/mol. The van der Waals surface area contributed by atoms with Gasteiger partial charge in [-0.15, -0.1) is 0 Å². The van der Waals surface area contributed by atoms with Crippen LogP contribution in [0.2, 0.25) is 0 Å². The number of methoxy groups -OCH3 is 1. The molecule has 33 heavy (non-hydrogen) atoms. The third-order valence-corrected chi connectivity index (χ3v) is 14.0. The van der Waals surface area contributed by atoms with Gasteiger partial charge in [-0.3, -0.25) is 0 Å². The third kappa shape index (κ3) is 7.59. The van der Waals surface area contributed by atoms with Crippen LogP contribution in [0.3, 0.4) is 0 Å². The second-order valence-electron chi connectivity index (χ2n) is 7.09. The van der Waals surface area contributed by atoms with Crippen LogP contribution in [0.5, 0.6) is 5.75 Å². The average Bonchev–Trinajstić information content (AvgIpc) is 2.87. The summed E-state index contributed by atoms with van der Waals surface area (Å²) in [5.41, 5.74) is -2.21. The van der Waals surface area contributed by atoms with E-state index in [1.807, 2.05) is 31.2 Å². The zero-order chi connectivity index (χ0) is 23.5. The van der Waals surface area contributed by atoms with Crippen LogP contribution in [0.25, 0.3) is 0 Å². The molecule has 1 atom stereocenters. The summed E-state index contributed by atoms with van der Waals surface area (Å²) in [5.74, 6) is 0.801. The minimum absolute atomic E-state index is 0.562. The van der Waals surface area contributed by atoms with E-state index in [9.17, 15) is 0 Å². The van der Waals surface area contributed by atoms with Gasteiger partial charge in [-0.05, 0) is 42.0 Å². The Morgan fingerprint density at radius 1 is 0.697 bits per heavy atom. The topological polar surface area (TPSA) is 18.5 Å². The van der Waals surface area contributed by atoms with Crippen LogP contribution < -0.4 is 23.2 Å². The van der Waals surface area contributed by atoms with Gasteiger partial charge in [-0.25, -0.2) is 0 Å². The van der Waals surface area contributed by atoms with Gasteiger partial charge in [0, 0.05) is 6.61 Å². The molecule has 2 nitrogen and oxygen atoms in total. The maximum absolute atomic E-state index is 5.39. The first-order chi connectivity index (χ1) is 16.0. The molecule has 0 N–H and O–H groups in total. The summed E-state index contributed by atoms with van der Waals surface area (Å²) in [6, 6.07) is 40.3. The Balaban J connectivity index is 0.000000196. The van der Waals surface area contributed by atoms with E-state index in [-0.39, 0.29) is 0 Å². The number of hydrogen-bond acceptors (Lipinski definition) is 4. The molecule has 0 spiro atoms. The molecule has 0 saturated carbocycles. The standard InChI is InChI=1S/C18H15Ge.C9H13O2PS2/c1-4-10-16(11-5-1)19(17-12-6-2-7-13-17)18-14-8-3-9-15-18;1-3-11-12(13,14)9-6-4-8(10-2)5-7-9/h1-15H;4-7H,3H2,1-2H3,(H,13,14)/p-1. The van der Waals surface area contributed by atoms with Gasteiger partial charge in [0.15, 0.2) is 0 Å². The van der Waals surface area contributed by atoms with Crippen molar-refractivity contribution in [2.24, 2.45) is 0 Å². The zero-order valence-corrected chi connectivity index (χ0v) is 23.4. The molecule has 169 valence electrons. The van der Waals surface area contributed by atoms with E-state index in [2.05, 4.69) is 91.0 Å². The first-order valence-electron chi connectivity index (χ1n) is 10.7. The first kappa shape index (κ1) is 25.8. The second-order valence-corrected chi connectivity index (χ2v) is 17.8. The van der Waals surface area contributed by atoms with E-state index >= 15 is 0 Å². The van der Waals surface area contributed by atoms with Gasteiger partial charge in [0.2, 0.25) is 0 Å². The zero-order valence-electron chi connectivity index (χ0n) is 18.8. The Morgan fingerprint density at radius 3 is 1.42 bits per heavy atom. The molecule has 4 aromatic carbocycles. The molecule has 0 bridgehead atoms. The van der Waals surface area contributed by atoms with Gasteiger partial charge >= 0.3 is 119 Å². The van der Waals surface area contributed by atoms with Crippen LogP contribution in [0.1, 0.15) is 6.92 Å². The van der Waals surface area contributed by atoms with Gasteiger partial charge in [-0.2, -0.15) is 0 Å². The van der Waals surface area contributed by atoms with Crippen LogP contribution in [0.4, 0.5) is 0 Å². The number of rotatable bonds is 7. The summed E-state index contributed by atoms with van der Waals surface area (Å²) in [6.07, 6.45) is 0. The van der Waals surface area contributed by atoms with Crippen LogP contribution in [-0.4, -0.2) is 28.1 Å². The van der Waals surface area contributed by atoms with Gasteiger partial charge in [0.05, 0.1) is 7.11 Å². The molecule has 0 heterocycles. The normalized spacial score (nSPS) is 12.4. The number of ether oxygens (including phenoxy) is 1. The SMILES string of the molecule is CCOP(=S)([S-])c1ccc(OC)cc1.c1cc[c]([Ge]([c]2ccccc2)[c]2ccccc2)cc1. The van der Waals surface area contributed by atoms with Gasteiger partial charge in [0.25, 0.3) is 0 Å². The molecule has 6 heteroatoms. The molecule has 1 unspecified atom stereocenters. The van der Waals surface area contributed by atoms with Crippen molar-refractivity contribution < 1.29 is 9.26 Å². The quantitative estimate of drug-likeness (QED) is 0.193. The summed E-state index contributed by atoms with van der Waals surface area (Å²) in [5, 5.41) is 0.908. The molecular formula is C27H27GeO2PS2-. The van der Waals surface area contributed by atoms with Crippen LogP contribution in [0, 0.1) is 0 Å². The minimum atomic E-state index is -2.21. The van der Waals surface area contributed by atoms with Crippen molar-refractivity contribution in [2.75, 3.05) is 13.7 Å². The van der Waals surface area contributed by atoms with Crippen molar-refractivity contribution in [3.05, 3.63) is 115 Å². The van der Waals surface area contributed by atoms with Crippen LogP contribution in [-0.2, 0) is 28.6 Å². The summed E-state index contributed by atoms with van der Waals surface area (Å²) >= 11 is 8.87. The molecule has 0 aliphatic heterocycles. The molecule has 0 aromatic heterocycles. The predicted octanol–water partition coefficient (Wildman–Crippen LogP) is 4.42. The number of hydrogen-bond donors (Lipinski definition) is 0. The van der Waals surface area contributed by atoms with E-state index in [0.717, 1.165) is 11.1 Å². The fourth-order valence-corrected chi connectivity index (χ4v) is 11.1. The van der Waals surface area contributed by atoms with Crippen LogP contribution >= 0.6 is 5.47 Å². The third-order valence-electron chi connectivity index (χ3n) is 4.88. The Kier molecular flexibility index (Phi) is 10.3. The summed E-state index contributed by atoms with van der Waals surface area (Å²) < 4.78 is 14.9. The van der Waals surface area contributed by atoms with Crippen molar-refractivity contribution in [1.82, 2.24) is 0 Å². The van der Waals surface area contributed by atoms with E-state index in [1.165, 1.54) is 13.2 Å². The van der Waals surface area contributed by atoms with Crippen molar-refractivity contribution in [3.8, 4) is 5.75 Å². The fraction of sp³-hybridized carbons (Fsp3) is 0.111. The molecule has 0 amide bonds. The Morgan fingerprint density at radius 2 is 1.09 bits per heavy atom. The fourth-order valence-electron chi connectivity index (χ4n) is 3.32. The second kappa shape index (κ2) is 13.2. The molecule has 4 aromatic rings. The summed E-state index contributed by atoms with van der Waals surface area (Å²) in [7, 11) is 1.63. The molecule has 1 radical (unpaired) electrons. The van der Waals surface area contributed by atoms with Crippen LogP contribution in [0.15, 0.2) is 115 Å². The van der Waals surface area contributed by atoms with E-state index in [0.29, 0.717) is 6.61 Å². The van der Waals surface area contributed by atoms with Gasteiger partial charge in [-0.1, -0.05) is 11.8 Å². The van der Waals surface area contributed by atoms with Crippen molar-refractivity contribution in [2.45, 2.75) is 6.92 Å². The van der Waals surface area contributed by atoms with E-state index < -0.39 is 19.8 Å². The molecule has 0 aliphatic rings. The van der Waals surface area contributed by atoms with Gasteiger partial charge < -0.3 is 21.5 Å². The predicted molar refractivity (Wildman–Crippen MR) is 150 cm³/mol. The molecule has 4 rings (SSSR count). The van der Waals surface area contributed by atoms with Gasteiger partial charge in [0.1, 0.15) is 5.75 Å². The van der Waals surface area contributed by atoms with Crippen molar-refractivity contribution >= 4 is 62.4 Å². The Hall–Kier alpha value is -1.82. The maximum atomic E-state index is 5.39. The Bertz CT molecular complexity index is 1050. The van der Waals surface area contributed by atoms with Crippen molar-refractivity contribution in [1.29, 1.82) is 0 Å². The summed E-state index contributed by atoms with van der Waals surface area (Å²) in [6.45, 7) is 2.46. The van der Waals surface area contributed by atoms with E-state index in [1.54, 1.807) is 7.11 Å².